The maximum Gasteiger partial charge on any atom is 0.0790 e. The van der Waals surface area contributed by atoms with Crippen molar-refractivity contribution in [3.05, 3.63) is 35.4 Å². The maximum absolute atomic E-state index is 9.95. The summed E-state index contributed by atoms with van der Waals surface area (Å²) in [7, 11) is 0. The third-order valence-corrected chi connectivity index (χ3v) is 2.99. The van der Waals surface area contributed by atoms with Crippen LogP contribution in [0.15, 0.2) is 24.3 Å². The first-order valence-corrected chi connectivity index (χ1v) is 6.23. The van der Waals surface area contributed by atoms with E-state index in [-0.39, 0.29) is 11.5 Å². The quantitative estimate of drug-likeness (QED) is 0.806. The Morgan fingerprint density at radius 1 is 1.12 bits per heavy atom. The van der Waals surface area contributed by atoms with Crippen LogP contribution in [0.3, 0.4) is 0 Å². The molecule has 0 aromatic heterocycles. The number of aliphatic hydroxyl groups excluding tert-OH is 1. The van der Waals surface area contributed by atoms with E-state index in [0.717, 1.165) is 24.8 Å². The Hall–Kier alpha value is -0.820. The highest BCUT2D eigenvalue weighted by Gasteiger charge is 2.14. The molecule has 0 aliphatic rings. The standard InChI is InChI=1S/C15H24O/c1-5-6-7-14(16)12-8-10-13(11-9-12)15(2,3)4/h8-11,14,16H,5-7H2,1-4H3. The average molecular weight is 220 g/mol. The van der Waals surface area contributed by atoms with Crippen LogP contribution < -0.4 is 0 Å². The number of hydrogen-bond donors (Lipinski definition) is 1. The van der Waals surface area contributed by atoms with Gasteiger partial charge >= 0.3 is 0 Å². The molecular formula is C15H24O. The molecule has 1 N–H and O–H groups in total. The van der Waals surface area contributed by atoms with Crippen molar-refractivity contribution < 1.29 is 5.11 Å². The van der Waals surface area contributed by atoms with Crippen molar-refractivity contribution in [1.82, 2.24) is 0 Å². The van der Waals surface area contributed by atoms with E-state index in [1.54, 1.807) is 0 Å². The second-order valence-corrected chi connectivity index (χ2v) is 5.53. The molecule has 1 rings (SSSR count). The zero-order valence-corrected chi connectivity index (χ0v) is 11.0. The van der Waals surface area contributed by atoms with Crippen LogP contribution in [0.2, 0.25) is 0 Å². The molecule has 0 aliphatic carbocycles. The zero-order valence-electron chi connectivity index (χ0n) is 11.0. The minimum atomic E-state index is -0.297. The zero-order chi connectivity index (χ0) is 12.2. The Kier molecular flexibility index (Phi) is 4.55. The van der Waals surface area contributed by atoms with Crippen LogP contribution in [0, 0.1) is 0 Å². The van der Waals surface area contributed by atoms with E-state index in [1.165, 1.54) is 5.56 Å². The first-order chi connectivity index (χ1) is 7.45. The molecule has 0 amide bonds. The predicted octanol–water partition coefficient (Wildman–Crippen LogP) is 4.21. The second kappa shape index (κ2) is 5.49. The molecule has 1 nitrogen and oxygen atoms in total. The second-order valence-electron chi connectivity index (χ2n) is 5.53. The number of rotatable bonds is 4. The van der Waals surface area contributed by atoms with Gasteiger partial charge in [-0.05, 0) is 23.0 Å². The van der Waals surface area contributed by atoms with Gasteiger partial charge in [-0.25, -0.2) is 0 Å². The minimum Gasteiger partial charge on any atom is -0.388 e. The van der Waals surface area contributed by atoms with Crippen molar-refractivity contribution in [2.24, 2.45) is 0 Å². The highest BCUT2D eigenvalue weighted by Crippen LogP contribution is 2.25. The van der Waals surface area contributed by atoms with Crippen LogP contribution in [-0.2, 0) is 5.41 Å². The number of hydrogen-bond acceptors (Lipinski definition) is 1. The maximum atomic E-state index is 9.95. The molecule has 1 aromatic rings. The third kappa shape index (κ3) is 3.64. The molecule has 0 spiro atoms. The van der Waals surface area contributed by atoms with E-state index in [4.69, 9.17) is 0 Å². The van der Waals surface area contributed by atoms with Crippen LogP contribution in [0.5, 0.6) is 0 Å². The summed E-state index contributed by atoms with van der Waals surface area (Å²) >= 11 is 0. The summed E-state index contributed by atoms with van der Waals surface area (Å²) in [4.78, 5) is 0. The van der Waals surface area contributed by atoms with E-state index in [0.29, 0.717) is 0 Å². The van der Waals surface area contributed by atoms with Crippen molar-refractivity contribution >= 4 is 0 Å². The summed E-state index contributed by atoms with van der Waals surface area (Å²) in [6.45, 7) is 8.76. The summed E-state index contributed by atoms with van der Waals surface area (Å²) in [5, 5.41) is 9.95. The Morgan fingerprint density at radius 2 is 1.69 bits per heavy atom. The normalized spacial score (nSPS) is 13.8. The topological polar surface area (TPSA) is 20.2 Å². The van der Waals surface area contributed by atoms with Crippen molar-refractivity contribution in [3.63, 3.8) is 0 Å². The lowest BCUT2D eigenvalue weighted by atomic mass is 9.86. The van der Waals surface area contributed by atoms with Gasteiger partial charge in [-0.1, -0.05) is 64.8 Å². The van der Waals surface area contributed by atoms with Crippen molar-refractivity contribution in [1.29, 1.82) is 0 Å². The van der Waals surface area contributed by atoms with Crippen LogP contribution in [0.4, 0.5) is 0 Å². The number of unbranched alkanes of at least 4 members (excludes halogenated alkanes) is 1. The molecule has 1 heteroatoms. The van der Waals surface area contributed by atoms with Gasteiger partial charge in [0.05, 0.1) is 6.10 Å². The first kappa shape index (κ1) is 13.2. The van der Waals surface area contributed by atoms with Gasteiger partial charge in [0.1, 0.15) is 0 Å². The van der Waals surface area contributed by atoms with Crippen molar-refractivity contribution in [2.45, 2.75) is 58.5 Å². The molecule has 0 radical (unpaired) electrons. The van der Waals surface area contributed by atoms with Crippen LogP contribution in [-0.4, -0.2) is 5.11 Å². The number of aliphatic hydroxyl groups is 1. The Balaban J connectivity index is 2.71. The summed E-state index contributed by atoms with van der Waals surface area (Å²) in [6, 6.07) is 8.37. The van der Waals surface area contributed by atoms with Crippen molar-refractivity contribution in [2.75, 3.05) is 0 Å². The Labute approximate surface area is 99.5 Å². The van der Waals surface area contributed by atoms with Gasteiger partial charge in [-0.2, -0.15) is 0 Å². The Morgan fingerprint density at radius 3 is 2.12 bits per heavy atom. The van der Waals surface area contributed by atoms with Gasteiger partial charge in [-0.3, -0.25) is 0 Å². The lowest BCUT2D eigenvalue weighted by Gasteiger charge is -2.20. The SMILES string of the molecule is CCCCC(O)c1ccc(C(C)(C)C)cc1. The molecule has 0 heterocycles. The molecule has 1 atom stereocenters. The van der Waals surface area contributed by atoms with Gasteiger partial charge in [0, 0.05) is 0 Å². The highest BCUT2D eigenvalue weighted by atomic mass is 16.3. The van der Waals surface area contributed by atoms with Gasteiger partial charge < -0.3 is 5.11 Å². The van der Waals surface area contributed by atoms with Crippen LogP contribution >= 0.6 is 0 Å². The first-order valence-electron chi connectivity index (χ1n) is 6.23. The lowest BCUT2D eigenvalue weighted by molar-refractivity contribution is 0.164. The van der Waals surface area contributed by atoms with E-state index in [9.17, 15) is 5.11 Å². The molecule has 0 fully saturated rings. The molecule has 0 bridgehead atoms. The molecule has 90 valence electrons. The third-order valence-electron chi connectivity index (χ3n) is 2.99. The van der Waals surface area contributed by atoms with E-state index in [2.05, 4.69) is 52.0 Å². The van der Waals surface area contributed by atoms with Gasteiger partial charge in [0.25, 0.3) is 0 Å². The summed E-state index contributed by atoms with van der Waals surface area (Å²) in [5.74, 6) is 0. The summed E-state index contributed by atoms with van der Waals surface area (Å²) in [5.41, 5.74) is 2.55. The monoisotopic (exact) mass is 220 g/mol. The van der Waals surface area contributed by atoms with Crippen molar-refractivity contribution in [3.8, 4) is 0 Å². The molecule has 1 unspecified atom stereocenters. The van der Waals surface area contributed by atoms with Gasteiger partial charge in [0.15, 0.2) is 0 Å². The van der Waals surface area contributed by atoms with E-state index >= 15 is 0 Å². The van der Waals surface area contributed by atoms with Gasteiger partial charge in [0.2, 0.25) is 0 Å². The predicted molar refractivity (Wildman–Crippen MR) is 69.6 cm³/mol. The van der Waals surface area contributed by atoms with E-state index < -0.39 is 0 Å². The van der Waals surface area contributed by atoms with Crippen LogP contribution in [0.1, 0.15) is 64.2 Å². The van der Waals surface area contributed by atoms with Crippen LogP contribution in [0.25, 0.3) is 0 Å². The minimum absolute atomic E-state index is 0.187. The smallest absolute Gasteiger partial charge is 0.0790 e. The van der Waals surface area contributed by atoms with Gasteiger partial charge in [-0.15, -0.1) is 0 Å². The lowest BCUT2D eigenvalue weighted by Crippen LogP contribution is -2.11. The highest BCUT2D eigenvalue weighted by molar-refractivity contribution is 5.28. The summed E-state index contributed by atoms with van der Waals surface area (Å²) in [6.07, 6.45) is 2.79. The fourth-order valence-corrected chi connectivity index (χ4v) is 1.77. The molecule has 0 aliphatic heterocycles. The molecule has 1 aromatic carbocycles. The molecule has 0 saturated heterocycles. The molecule has 16 heavy (non-hydrogen) atoms. The molecular weight excluding hydrogens is 196 g/mol. The number of benzene rings is 1. The fraction of sp³-hybridized carbons (Fsp3) is 0.600. The largest absolute Gasteiger partial charge is 0.388 e. The Bertz CT molecular complexity index is 305. The summed E-state index contributed by atoms with van der Waals surface area (Å²) < 4.78 is 0. The molecule has 0 saturated carbocycles. The average Bonchev–Trinajstić information content (AvgIpc) is 2.25. The van der Waals surface area contributed by atoms with E-state index in [1.807, 2.05) is 0 Å². The fourth-order valence-electron chi connectivity index (χ4n) is 1.77.